The molecule has 0 radical (unpaired) electrons. The normalized spacial score (nSPS) is 10.5. The summed E-state index contributed by atoms with van der Waals surface area (Å²) >= 11 is 10.1. The second-order valence-corrected chi connectivity index (χ2v) is 5.89. The lowest BCUT2D eigenvalue weighted by Gasteiger charge is -2.03. The summed E-state index contributed by atoms with van der Waals surface area (Å²) in [6, 6.07) is 6.69. The van der Waals surface area contributed by atoms with Crippen molar-refractivity contribution >= 4 is 44.7 Å². The summed E-state index contributed by atoms with van der Waals surface area (Å²) in [7, 11) is 0. The molecule has 88 valence electrons. The van der Waals surface area contributed by atoms with E-state index in [4.69, 9.17) is 11.6 Å². The van der Waals surface area contributed by atoms with Crippen molar-refractivity contribution in [1.29, 1.82) is 0 Å². The second kappa shape index (κ2) is 5.16. The van der Waals surface area contributed by atoms with Gasteiger partial charge in [0.1, 0.15) is 0 Å². The fourth-order valence-electron chi connectivity index (χ4n) is 1.33. The summed E-state index contributed by atoms with van der Waals surface area (Å²) < 4.78 is 2.37. The molecule has 2 aromatic rings. The Labute approximate surface area is 115 Å². The summed E-state index contributed by atoms with van der Waals surface area (Å²) in [5, 5.41) is 0. The van der Waals surface area contributed by atoms with Crippen molar-refractivity contribution in [2.75, 3.05) is 0 Å². The van der Waals surface area contributed by atoms with Gasteiger partial charge in [0.2, 0.25) is 0 Å². The van der Waals surface area contributed by atoms with Gasteiger partial charge >= 0.3 is 0 Å². The van der Waals surface area contributed by atoms with Crippen LogP contribution in [0.5, 0.6) is 0 Å². The van der Waals surface area contributed by atoms with Crippen LogP contribution in [0.25, 0.3) is 0 Å². The van der Waals surface area contributed by atoms with E-state index in [0.29, 0.717) is 13.7 Å². The van der Waals surface area contributed by atoms with Gasteiger partial charge in [0.25, 0.3) is 5.56 Å². The molecular formula is C11H7BrClNO2S. The Morgan fingerprint density at radius 3 is 2.82 bits per heavy atom. The molecule has 2 rings (SSSR count). The van der Waals surface area contributed by atoms with Crippen LogP contribution in [-0.4, -0.2) is 10.4 Å². The Balaban J connectivity index is 2.25. The first kappa shape index (κ1) is 12.5. The van der Waals surface area contributed by atoms with Crippen molar-refractivity contribution in [3.63, 3.8) is 0 Å². The highest BCUT2D eigenvalue weighted by Gasteiger charge is 2.10. The third kappa shape index (κ3) is 2.86. The highest BCUT2D eigenvalue weighted by Crippen LogP contribution is 2.22. The van der Waals surface area contributed by atoms with Crippen LogP contribution in [0.2, 0.25) is 4.34 Å². The predicted octanol–water partition coefficient (Wildman–Crippen LogP) is 3.21. The smallest absolute Gasteiger partial charge is 0.265 e. The third-order valence-electron chi connectivity index (χ3n) is 2.14. The van der Waals surface area contributed by atoms with Crippen LogP contribution >= 0.6 is 38.9 Å². The quantitative estimate of drug-likeness (QED) is 0.810. The molecule has 0 fully saturated rings. The van der Waals surface area contributed by atoms with Crippen LogP contribution in [0.4, 0.5) is 0 Å². The lowest BCUT2D eigenvalue weighted by molar-refractivity contribution is 0.0974. The second-order valence-electron chi connectivity index (χ2n) is 3.32. The van der Waals surface area contributed by atoms with Crippen LogP contribution in [0.1, 0.15) is 9.67 Å². The van der Waals surface area contributed by atoms with Crippen molar-refractivity contribution in [1.82, 2.24) is 4.57 Å². The molecule has 0 saturated carbocycles. The molecule has 2 heterocycles. The average Bonchev–Trinajstić information content (AvgIpc) is 2.72. The lowest BCUT2D eigenvalue weighted by atomic mass is 10.3. The van der Waals surface area contributed by atoms with Crippen LogP contribution in [0.3, 0.4) is 0 Å². The van der Waals surface area contributed by atoms with Crippen molar-refractivity contribution in [3.8, 4) is 0 Å². The van der Waals surface area contributed by atoms with Gasteiger partial charge in [-0.05, 0) is 40.2 Å². The zero-order valence-corrected chi connectivity index (χ0v) is 11.7. The number of hydrogen-bond donors (Lipinski definition) is 0. The molecule has 6 heteroatoms. The maximum Gasteiger partial charge on any atom is 0.265 e. The molecule has 0 unspecified atom stereocenters. The minimum atomic E-state index is -0.219. The Hall–Kier alpha value is -0.910. The molecule has 0 aromatic carbocycles. The molecule has 0 aliphatic rings. The molecule has 0 aliphatic carbocycles. The Kier molecular flexibility index (Phi) is 3.81. The maximum absolute atomic E-state index is 11.9. The van der Waals surface area contributed by atoms with E-state index in [-0.39, 0.29) is 17.9 Å². The number of nitrogens with zero attached hydrogens (tertiary/aromatic N) is 1. The van der Waals surface area contributed by atoms with Gasteiger partial charge in [0.05, 0.1) is 20.2 Å². The van der Waals surface area contributed by atoms with Crippen LogP contribution in [-0.2, 0) is 6.54 Å². The van der Waals surface area contributed by atoms with Gasteiger partial charge in [-0.15, -0.1) is 11.3 Å². The van der Waals surface area contributed by atoms with E-state index in [1.54, 1.807) is 30.5 Å². The molecule has 17 heavy (non-hydrogen) atoms. The third-order valence-corrected chi connectivity index (χ3v) is 4.01. The summed E-state index contributed by atoms with van der Waals surface area (Å²) in [6.45, 7) is 0.0229. The largest absolute Gasteiger partial charge is 0.307 e. The molecule has 0 bridgehead atoms. The molecule has 0 saturated heterocycles. The Morgan fingerprint density at radius 1 is 1.41 bits per heavy atom. The molecule has 0 aliphatic heterocycles. The number of ketones is 1. The number of aromatic nitrogens is 1. The SMILES string of the molecule is O=C(Cn1cccc(Br)c1=O)c1ccc(Cl)s1. The molecule has 0 spiro atoms. The minimum Gasteiger partial charge on any atom is -0.307 e. The van der Waals surface area contributed by atoms with Crippen molar-refractivity contribution in [3.05, 3.63) is 54.5 Å². The first-order valence-electron chi connectivity index (χ1n) is 4.71. The van der Waals surface area contributed by atoms with Crippen molar-refractivity contribution in [2.24, 2.45) is 0 Å². The van der Waals surface area contributed by atoms with Crippen LogP contribution in [0, 0.1) is 0 Å². The highest BCUT2D eigenvalue weighted by molar-refractivity contribution is 9.10. The molecular weight excluding hydrogens is 326 g/mol. The molecule has 3 nitrogen and oxygen atoms in total. The number of Topliss-reactive ketones (excluding diaryl/α,β-unsaturated/α-hetero) is 1. The van der Waals surface area contributed by atoms with Crippen LogP contribution in [0.15, 0.2) is 39.7 Å². The van der Waals surface area contributed by atoms with Gasteiger partial charge in [-0.3, -0.25) is 9.59 Å². The van der Waals surface area contributed by atoms with Gasteiger partial charge in [0.15, 0.2) is 5.78 Å². The summed E-state index contributed by atoms with van der Waals surface area (Å²) in [6.07, 6.45) is 1.58. The first-order chi connectivity index (χ1) is 8.08. The molecule has 0 amide bonds. The topological polar surface area (TPSA) is 39.1 Å². The fourth-order valence-corrected chi connectivity index (χ4v) is 2.68. The zero-order valence-electron chi connectivity index (χ0n) is 8.52. The number of hydrogen-bond acceptors (Lipinski definition) is 3. The molecule has 2 aromatic heterocycles. The summed E-state index contributed by atoms with van der Waals surface area (Å²) in [5.41, 5.74) is -0.219. The monoisotopic (exact) mass is 331 g/mol. The number of pyridine rings is 1. The van der Waals surface area contributed by atoms with Gasteiger partial charge < -0.3 is 4.57 Å². The summed E-state index contributed by atoms with van der Waals surface area (Å²) in [4.78, 5) is 24.1. The van der Waals surface area contributed by atoms with E-state index in [1.807, 2.05) is 0 Å². The van der Waals surface area contributed by atoms with Crippen LogP contribution < -0.4 is 5.56 Å². The van der Waals surface area contributed by atoms with E-state index in [9.17, 15) is 9.59 Å². The standard InChI is InChI=1S/C11H7BrClNO2S/c12-7-2-1-5-14(11(7)16)6-8(15)9-3-4-10(13)17-9/h1-5H,6H2. The summed E-state index contributed by atoms with van der Waals surface area (Å²) in [5.74, 6) is -0.123. The van der Waals surface area contributed by atoms with E-state index in [0.717, 1.165) is 0 Å². The predicted molar refractivity (Wildman–Crippen MR) is 72.1 cm³/mol. The molecule has 0 atom stereocenters. The number of thiophene rings is 1. The number of halogens is 2. The Bertz CT molecular complexity index is 620. The maximum atomic E-state index is 11.9. The van der Waals surface area contributed by atoms with Gasteiger partial charge in [-0.2, -0.15) is 0 Å². The number of rotatable bonds is 3. The van der Waals surface area contributed by atoms with Gasteiger partial charge in [-0.25, -0.2) is 0 Å². The zero-order chi connectivity index (χ0) is 12.4. The average molecular weight is 333 g/mol. The van der Waals surface area contributed by atoms with Crippen molar-refractivity contribution in [2.45, 2.75) is 6.54 Å². The molecule has 0 N–H and O–H groups in total. The van der Waals surface area contributed by atoms with E-state index < -0.39 is 0 Å². The fraction of sp³-hybridized carbons (Fsp3) is 0.0909. The van der Waals surface area contributed by atoms with E-state index >= 15 is 0 Å². The van der Waals surface area contributed by atoms with Crippen molar-refractivity contribution < 1.29 is 4.79 Å². The highest BCUT2D eigenvalue weighted by atomic mass is 79.9. The van der Waals surface area contributed by atoms with Gasteiger partial charge in [0, 0.05) is 6.20 Å². The van der Waals surface area contributed by atoms with E-state index in [2.05, 4.69) is 15.9 Å². The first-order valence-corrected chi connectivity index (χ1v) is 6.70. The van der Waals surface area contributed by atoms with E-state index in [1.165, 1.54) is 15.9 Å². The van der Waals surface area contributed by atoms with Gasteiger partial charge in [-0.1, -0.05) is 11.6 Å². The number of carbonyl (C=O) groups is 1. The lowest BCUT2D eigenvalue weighted by Crippen LogP contribution is -2.23. The minimum absolute atomic E-state index is 0.0229. The number of carbonyl (C=O) groups excluding carboxylic acids is 1. The Morgan fingerprint density at radius 2 is 2.18 bits per heavy atom.